The Morgan fingerprint density at radius 1 is 1.44 bits per heavy atom. The Labute approximate surface area is 101 Å². The first kappa shape index (κ1) is 11.5. The fourth-order valence-corrected chi connectivity index (χ4v) is 1.55. The summed E-state index contributed by atoms with van der Waals surface area (Å²) in [7, 11) is 0. The van der Waals surface area contributed by atoms with E-state index in [1.807, 2.05) is 12.1 Å². The number of benzene rings is 1. The molecular formula is C13H16ClNO. The van der Waals surface area contributed by atoms with Gasteiger partial charge in [-0.3, -0.25) is 0 Å². The zero-order valence-corrected chi connectivity index (χ0v) is 9.91. The summed E-state index contributed by atoms with van der Waals surface area (Å²) in [4.78, 5) is 0. The molecule has 2 rings (SSSR count). The summed E-state index contributed by atoms with van der Waals surface area (Å²) in [6.07, 6.45) is 4.41. The molecule has 16 heavy (non-hydrogen) atoms. The summed E-state index contributed by atoms with van der Waals surface area (Å²) in [5, 5.41) is 3.48. The Balaban J connectivity index is 1.84. The highest BCUT2D eigenvalue weighted by molar-refractivity contribution is 6.25. The van der Waals surface area contributed by atoms with E-state index in [9.17, 15) is 0 Å². The van der Waals surface area contributed by atoms with Gasteiger partial charge in [-0.25, -0.2) is 0 Å². The molecule has 0 aliphatic heterocycles. The molecule has 0 amide bonds. The van der Waals surface area contributed by atoms with Crippen molar-refractivity contribution in [2.45, 2.75) is 25.4 Å². The molecule has 3 heteroatoms. The number of hydrogen-bond donors (Lipinski definition) is 1. The maximum absolute atomic E-state index is 5.51. The second kappa shape index (κ2) is 5.92. The largest absolute Gasteiger partial charge is 0.489 e. The average molecular weight is 238 g/mol. The lowest BCUT2D eigenvalue weighted by Gasteiger charge is -2.06. The van der Waals surface area contributed by atoms with Crippen molar-refractivity contribution in [3.63, 3.8) is 0 Å². The molecule has 86 valence electrons. The Bertz CT molecular complexity index is 361. The average Bonchev–Trinajstić information content (AvgIpc) is 3.11. The van der Waals surface area contributed by atoms with E-state index < -0.39 is 0 Å². The van der Waals surface area contributed by atoms with Gasteiger partial charge < -0.3 is 10.1 Å². The predicted octanol–water partition coefficient (Wildman–Crippen LogP) is 3.07. The van der Waals surface area contributed by atoms with Crippen molar-refractivity contribution in [3.8, 4) is 5.75 Å². The fraction of sp³-hybridized carbons (Fsp3) is 0.385. The van der Waals surface area contributed by atoms with Crippen molar-refractivity contribution in [2.75, 3.05) is 6.61 Å². The summed E-state index contributed by atoms with van der Waals surface area (Å²) < 4.78 is 5.51. The van der Waals surface area contributed by atoms with Crippen molar-refractivity contribution in [1.82, 2.24) is 5.32 Å². The minimum atomic E-state index is 0.517. The number of rotatable bonds is 6. The first-order valence-corrected chi connectivity index (χ1v) is 6.02. The van der Waals surface area contributed by atoms with Crippen molar-refractivity contribution in [1.29, 1.82) is 0 Å². The molecule has 0 radical (unpaired) electrons. The van der Waals surface area contributed by atoms with Gasteiger partial charge in [0.1, 0.15) is 12.4 Å². The van der Waals surface area contributed by atoms with Gasteiger partial charge in [0.2, 0.25) is 0 Å². The van der Waals surface area contributed by atoms with Crippen LogP contribution in [0, 0.1) is 0 Å². The molecule has 0 saturated heterocycles. The quantitative estimate of drug-likeness (QED) is 0.821. The smallest absolute Gasteiger partial charge is 0.120 e. The van der Waals surface area contributed by atoms with Crippen LogP contribution >= 0.6 is 11.6 Å². The molecule has 1 saturated carbocycles. The van der Waals surface area contributed by atoms with Gasteiger partial charge in [0.25, 0.3) is 0 Å². The van der Waals surface area contributed by atoms with E-state index in [1.165, 1.54) is 23.9 Å². The first-order chi connectivity index (χ1) is 7.88. The highest BCUT2D eigenvalue weighted by Crippen LogP contribution is 2.20. The lowest BCUT2D eigenvalue weighted by molar-refractivity contribution is 0.362. The molecule has 0 spiro atoms. The van der Waals surface area contributed by atoms with E-state index in [1.54, 1.807) is 6.08 Å². The van der Waals surface area contributed by atoms with Gasteiger partial charge in [-0.15, -0.1) is 0 Å². The van der Waals surface area contributed by atoms with Crippen LogP contribution in [0.5, 0.6) is 5.75 Å². The lowest BCUT2D eigenvalue weighted by atomic mass is 10.2. The van der Waals surface area contributed by atoms with E-state index >= 15 is 0 Å². The predicted molar refractivity (Wildman–Crippen MR) is 66.8 cm³/mol. The van der Waals surface area contributed by atoms with Crippen LogP contribution in [0.1, 0.15) is 18.4 Å². The minimum absolute atomic E-state index is 0.517. The third kappa shape index (κ3) is 3.87. The Kier molecular flexibility index (Phi) is 4.25. The van der Waals surface area contributed by atoms with Crippen LogP contribution in [0.25, 0.3) is 0 Å². The lowest BCUT2D eigenvalue weighted by Crippen LogP contribution is -2.15. The zero-order chi connectivity index (χ0) is 11.2. The SMILES string of the molecule is Cl/C=C/COc1cccc(CNC2CC2)c1. The van der Waals surface area contributed by atoms with Gasteiger partial charge >= 0.3 is 0 Å². The van der Waals surface area contributed by atoms with Crippen LogP contribution in [-0.4, -0.2) is 12.6 Å². The van der Waals surface area contributed by atoms with Gasteiger partial charge in [-0.2, -0.15) is 0 Å². The molecule has 0 heterocycles. The van der Waals surface area contributed by atoms with E-state index in [0.29, 0.717) is 6.61 Å². The van der Waals surface area contributed by atoms with Crippen molar-refractivity contribution < 1.29 is 4.74 Å². The van der Waals surface area contributed by atoms with Crippen LogP contribution in [0.2, 0.25) is 0 Å². The molecule has 0 bridgehead atoms. The van der Waals surface area contributed by atoms with E-state index in [-0.39, 0.29) is 0 Å². The molecule has 0 aromatic heterocycles. The summed E-state index contributed by atoms with van der Waals surface area (Å²) in [5.74, 6) is 0.893. The van der Waals surface area contributed by atoms with Gasteiger partial charge in [0.15, 0.2) is 0 Å². The van der Waals surface area contributed by atoms with Crippen LogP contribution in [-0.2, 0) is 6.54 Å². The van der Waals surface area contributed by atoms with E-state index in [0.717, 1.165) is 18.3 Å². The molecule has 1 aliphatic carbocycles. The highest BCUT2D eigenvalue weighted by Gasteiger charge is 2.19. The molecule has 0 atom stereocenters. The first-order valence-electron chi connectivity index (χ1n) is 5.59. The van der Waals surface area contributed by atoms with Crippen LogP contribution in [0.3, 0.4) is 0 Å². The van der Waals surface area contributed by atoms with E-state index in [2.05, 4.69) is 17.4 Å². The van der Waals surface area contributed by atoms with Gasteiger partial charge in [0.05, 0.1) is 0 Å². The fourth-order valence-electron chi connectivity index (χ4n) is 1.48. The monoisotopic (exact) mass is 237 g/mol. The molecule has 1 N–H and O–H groups in total. The van der Waals surface area contributed by atoms with Crippen LogP contribution in [0.15, 0.2) is 35.9 Å². The maximum atomic E-state index is 5.51. The molecular weight excluding hydrogens is 222 g/mol. The van der Waals surface area contributed by atoms with Crippen LogP contribution < -0.4 is 10.1 Å². The Morgan fingerprint density at radius 2 is 2.31 bits per heavy atom. The Morgan fingerprint density at radius 3 is 3.06 bits per heavy atom. The summed E-state index contributed by atoms with van der Waals surface area (Å²) in [6, 6.07) is 8.90. The number of hydrogen-bond acceptors (Lipinski definition) is 2. The standard InChI is InChI=1S/C13H16ClNO/c14-7-2-8-16-13-4-1-3-11(9-13)10-15-12-5-6-12/h1-4,7,9,12,15H,5-6,8,10H2/b7-2+. The second-order valence-corrected chi connectivity index (χ2v) is 4.23. The van der Waals surface area contributed by atoms with Crippen molar-refractivity contribution in [2.24, 2.45) is 0 Å². The maximum Gasteiger partial charge on any atom is 0.120 e. The van der Waals surface area contributed by atoms with Crippen LogP contribution in [0.4, 0.5) is 0 Å². The molecule has 0 unspecified atom stereocenters. The molecule has 2 nitrogen and oxygen atoms in total. The van der Waals surface area contributed by atoms with Crippen molar-refractivity contribution in [3.05, 3.63) is 41.4 Å². The summed E-state index contributed by atoms with van der Waals surface area (Å²) in [5.41, 5.74) is 2.73. The normalized spacial score (nSPS) is 15.6. The minimum Gasteiger partial charge on any atom is -0.489 e. The zero-order valence-electron chi connectivity index (χ0n) is 9.16. The third-order valence-electron chi connectivity index (χ3n) is 2.51. The Hall–Kier alpha value is -0.990. The molecule has 1 aromatic rings. The van der Waals surface area contributed by atoms with Gasteiger partial charge in [-0.1, -0.05) is 23.7 Å². The summed E-state index contributed by atoms with van der Waals surface area (Å²) >= 11 is 5.42. The van der Waals surface area contributed by atoms with Gasteiger partial charge in [0, 0.05) is 18.1 Å². The molecule has 1 aromatic carbocycles. The second-order valence-electron chi connectivity index (χ2n) is 3.98. The molecule has 1 fully saturated rings. The topological polar surface area (TPSA) is 21.3 Å². The van der Waals surface area contributed by atoms with Gasteiger partial charge in [-0.05, 0) is 36.6 Å². The number of halogens is 1. The number of ether oxygens (including phenoxy) is 1. The third-order valence-corrected chi connectivity index (χ3v) is 2.68. The summed E-state index contributed by atoms with van der Waals surface area (Å²) in [6.45, 7) is 1.44. The van der Waals surface area contributed by atoms with Crippen molar-refractivity contribution >= 4 is 11.6 Å². The molecule has 1 aliphatic rings. The van der Waals surface area contributed by atoms with E-state index in [4.69, 9.17) is 16.3 Å². The number of nitrogens with one attached hydrogen (secondary N) is 1. The highest BCUT2D eigenvalue weighted by atomic mass is 35.5.